The molecule has 11 heavy (non-hydrogen) atoms. The number of nitrogens with two attached hydrogens (primary N) is 1. The molecule has 0 spiro atoms. The molecule has 0 aliphatic carbocycles. The summed E-state index contributed by atoms with van der Waals surface area (Å²) in [5, 5.41) is 17.3. The van der Waals surface area contributed by atoms with Gasteiger partial charge in [-0.15, -0.1) is 0 Å². The highest BCUT2D eigenvalue weighted by molar-refractivity contribution is 5.78. The summed E-state index contributed by atoms with van der Waals surface area (Å²) in [6.07, 6.45) is 0.291. The number of carboxylic acids is 1. The number of aliphatic hydroxyl groups is 1. The molecule has 0 radical (unpaired) electrons. The number of rotatable bonds is 4. The molecule has 4 heteroatoms. The van der Waals surface area contributed by atoms with E-state index < -0.39 is 18.1 Å². The van der Waals surface area contributed by atoms with E-state index in [4.69, 9.17) is 15.9 Å². The number of carboxylic acid groups (broad SMARTS) is 1. The molecule has 0 amide bonds. The van der Waals surface area contributed by atoms with Gasteiger partial charge in [0.15, 0.2) is 0 Å². The summed E-state index contributed by atoms with van der Waals surface area (Å²) < 4.78 is 0. The first-order valence-electron chi connectivity index (χ1n) is 3.55. The van der Waals surface area contributed by atoms with Crippen LogP contribution >= 0.6 is 0 Å². The first-order valence-corrected chi connectivity index (χ1v) is 3.55. The van der Waals surface area contributed by atoms with Crippen LogP contribution in [0.5, 0.6) is 0 Å². The molecular formula is C7H15NO3. The van der Waals surface area contributed by atoms with Gasteiger partial charge in [-0.05, 0) is 12.3 Å². The van der Waals surface area contributed by atoms with Crippen molar-refractivity contribution in [3.63, 3.8) is 0 Å². The molecule has 4 N–H and O–H groups in total. The third kappa shape index (κ3) is 2.86. The van der Waals surface area contributed by atoms with Crippen molar-refractivity contribution in [1.82, 2.24) is 0 Å². The van der Waals surface area contributed by atoms with Gasteiger partial charge in [0.1, 0.15) is 5.54 Å². The van der Waals surface area contributed by atoms with Crippen molar-refractivity contribution in [1.29, 1.82) is 0 Å². The van der Waals surface area contributed by atoms with E-state index in [9.17, 15) is 4.79 Å². The maximum atomic E-state index is 10.5. The quantitative estimate of drug-likeness (QED) is 0.533. The highest BCUT2D eigenvalue weighted by atomic mass is 16.4. The molecule has 4 nitrogen and oxygen atoms in total. The Balaban J connectivity index is 4.22. The van der Waals surface area contributed by atoms with Crippen LogP contribution in [0.15, 0.2) is 0 Å². The maximum Gasteiger partial charge on any atom is 0.326 e. The van der Waals surface area contributed by atoms with Crippen molar-refractivity contribution in [2.24, 2.45) is 11.7 Å². The summed E-state index contributed by atoms with van der Waals surface area (Å²) in [6, 6.07) is 0. The molecule has 0 fully saturated rings. The number of hydrogen-bond donors (Lipinski definition) is 3. The Morgan fingerprint density at radius 2 is 2.09 bits per heavy atom. The Morgan fingerprint density at radius 3 is 2.18 bits per heavy atom. The van der Waals surface area contributed by atoms with Gasteiger partial charge in [-0.1, -0.05) is 13.8 Å². The fourth-order valence-electron chi connectivity index (χ4n) is 0.948. The Morgan fingerprint density at radius 1 is 1.64 bits per heavy atom. The van der Waals surface area contributed by atoms with E-state index in [1.54, 1.807) is 0 Å². The van der Waals surface area contributed by atoms with Crippen molar-refractivity contribution >= 4 is 5.97 Å². The monoisotopic (exact) mass is 161 g/mol. The smallest absolute Gasteiger partial charge is 0.326 e. The van der Waals surface area contributed by atoms with Gasteiger partial charge in [0.25, 0.3) is 0 Å². The van der Waals surface area contributed by atoms with Crippen LogP contribution < -0.4 is 5.73 Å². The van der Waals surface area contributed by atoms with Crippen molar-refractivity contribution in [2.45, 2.75) is 25.8 Å². The minimum absolute atomic E-state index is 0.170. The largest absolute Gasteiger partial charge is 0.480 e. The van der Waals surface area contributed by atoms with E-state index in [0.29, 0.717) is 6.42 Å². The van der Waals surface area contributed by atoms with Crippen LogP contribution in [0.1, 0.15) is 20.3 Å². The van der Waals surface area contributed by atoms with Gasteiger partial charge in [-0.3, -0.25) is 4.79 Å². The lowest BCUT2D eigenvalue weighted by Crippen LogP contribution is -2.52. The molecule has 0 aromatic rings. The van der Waals surface area contributed by atoms with E-state index >= 15 is 0 Å². The average Bonchev–Trinajstić information content (AvgIpc) is 1.86. The average molecular weight is 161 g/mol. The zero-order valence-electron chi connectivity index (χ0n) is 6.87. The van der Waals surface area contributed by atoms with Crippen molar-refractivity contribution in [3.8, 4) is 0 Å². The lowest BCUT2D eigenvalue weighted by Gasteiger charge is -2.23. The van der Waals surface area contributed by atoms with Gasteiger partial charge in [0.2, 0.25) is 0 Å². The molecule has 0 aliphatic heterocycles. The second kappa shape index (κ2) is 3.69. The first kappa shape index (κ1) is 10.4. The zero-order valence-corrected chi connectivity index (χ0v) is 6.87. The molecule has 0 aromatic heterocycles. The second-order valence-electron chi connectivity index (χ2n) is 3.22. The summed E-state index contributed by atoms with van der Waals surface area (Å²) in [7, 11) is 0. The molecule has 0 heterocycles. The Bertz CT molecular complexity index is 147. The Kier molecular flexibility index (Phi) is 3.48. The highest BCUT2D eigenvalue weighted by Gasteiger charge is 2.33. The molecule has 66 valence electrons. The maximum absolute atomic E-state index is 10.5. The SMILES string of the molecule is CC(C)CC(N)(CO)C(=O)O. The minimum Gasteiger partial charge on any atom is -0.480 e. The van der Waals surface area contributed by atoms with Crippen LogP contribution in [-0.2, 0) is 4.79 Å². The summed E-state index contributed by atoms with van der Waals surface area (Å²) >= 11 is 0. The van der Waals surface area contributed by atoms with E-state index in [0.717, 1.165) is 0 Å². The van der Waals surface area contributed by atoms with Gasteiger partial charge < -0.3 is 15.9 Å². The van der Waals surface area contributed by atoms with E-state index in [1.165, 1.54) is 0 Å². The number of carbonyl (C=O) groups is 1. The van der Waals surface area contributed by atoms with Crippen LogP contribution in [0.4, 0.5) is 0 Å². The predicted octanol–water partition coefficient (Wildman–Crippen LogP) is -0.193. The van der Waals surface area contributed by atoms with Crippen molar-refractivity contribution < 1.29 is 15.0 Å². The number of aliphatic carboxylic acids is 1. The molecule has 0 saturated heterocycles. The molecule has 0 rings (SSSR count). The van der Waals surface area contributed by atoms with Crippen LogP contribution in [0.2, 0.25) is 0 Å². The summed E-state index contributed by atoms with van der Waals surface area (Å²) in [4.78, 5) is 10.5. The molecule has 0 aromatic carbocycles. The van der Waals surface area contributed by atoms with Gasteiger partial charge in [-0.2, -0.15) is 0 Å². The van der Waals surface area contributed by atoms with Crippen LogP contribution in [0.25, 0.3) is 0 Å². The summed E-state index contributed by atoms with van der Waals surface area (Å²) in [5.41, 5.74) is 3.93. The molecule has 0 saturated carbocycles. The lowest BCUT2D eigenvalue weighted by molar-refractivity contribution is -0.145. The van der Waals surface area contributed by atoms with E-state index in [2.05, 4.69) is 0 Å². The normalized spacial score (nSPS) is 16.5. The number of aliphatic hydroxyl groups excluding tert-OH is 1. The fourth-order valence-corrected chi connectivity index (χ4v) is 0.948. The predicted molar refractivity (Wildman–Crippen MR) is 41.1 cm³/mol. The van der Waals surface area contributed by atoms with Crippen LogP contribution in [-0.4, -0.2) is 28.3 Å². The zero-order chi connectivity index (χ0) is 9.07. The van der Waals surface area contributed by atoms with Gasteiger partial charge in [0, 0.05) is 0 Å². The van der Waals surface area contributed by atoms with Crippen molar-refractivity contribution in [2.75, 3.05) is 6.61 Å². The Hall–Kier alpha value is -0.610. The fraction of sp³-hybridized carbons (Fsp3) is 0.857. The summed E-state index contributed by atoms with van der Waals surface area (Å²) in [6.45, 7) is 3.21. The first-order chi connectivity index (χ1) is 4.92. The van der Waals surface area contributed by atoms with Gasteiger partial charge in [-0.25, -0.2) is 0 Å². The van der Waals surface area contributed by atoms with Gasteiger partial charge in [0.05, 0.1) is 6.61 Å². The molecule has 0 aliphatic rings. The second-order valence-corrected chi connectivity index (χ2v) is 3.22. The topological polar surface area (TPSA) is 83.5 Å². The van der Waals surface area contributed by atoms with Crippen molar-refractivity contribution in [3.05, 3.63) is 0 Å². The molecular weight excluding hydrogens is 146 g/mol. The number of hydrogen-bond acceptors (Lipinski definition) is 3. The van der Waals surface area contributed by atoms with Gasteiger partial charge >= 0.3 is 5.97 Å². The minimum atomic E-state index is -1.46. The van der Waals surface area contributed by atoms with E-state index in [-0.39, 0.29) is 5.92 Å². The summed E-state index contributed by atoms with van der Waals surface area (Å²) in [5.74, 6) is -0.975. The molecule has 1 unspecified atom stereocenters. The third-order valence-electron chi connectivity index (χ3n) is 1.48. The van der Waals surface area contributed by atoms with Crippen LogP contribution in [0.3, 0.4) is 0 Å². The third-order valence-corrected chi connectivity index (χ3v) is 1.48. The standard InChI is InChI=1S/C7H15NO3/c1-5(2)3-7(8,4-9)6(10)11/h5,9H,3-4,8H2,1-2H3,(H,10,11). The lowest BCUT2D eigenvalue weighted by atomic mass is 9.91. The Labute approximate surface area is 66.0 Å². The molecule has 0 bridgehead atoms. The van der Waals surface area contributed by atoms with Crippen LogP contribution in [0, 0.1) is 5.92 Å². The van der Waals surface area contributed by atoms with E-state index in [1.807, 2.05) is 13.8 Å². The molecule has 1 atom stereocenters. The highest BCUT2D eigenvalue weighted by Crippen LogP contribution is 2.13.